The lowest BCUT2D eigenvalue weighted by Gasteiger charge is -2.31. The lowest BCUT2D eigenvalue weighted by molar-refractivity contribution is -0.134. The molecule has 0 radical (unpaired) electrons. The predicted molar refractivity (Wildman–Crippen MR) is 109 cm³/mol. The van der Waals surface area contributed by atoms with E-state index in [1.165, 1.54) is 19.1 Å². The van der Waals surface area contributed by atoms with Crippen LogP contribution in [-0.4, -0.2) is 65.6 Å². The Morgan fingerprint density at radius 2 is 1.90 bits per heavy atom. The number of aromatic nitrogens is 2. The van der Waals surface area contributed by atoms with Crippen LogP contribution in [0.2, 0.25) is 0 Å². The van der Waals surface area contributed by atoms with Crippen LogP contribution in [0.15, 0.2) is 16.9 Å². The molecule has 29 heavy (non-hydrogen) atoms. The van der Waals surface area contributed by atoms with E-state index < -0.39 is 5.54 Å². The van der Waals surface area contributed by atoms with Gasteiger partial charge in [0.15, 0.2) is 11.5 Å². The SMILES string of the molecule is CCN(CC(=O)N(C)C(C)(C)C#N)Cc1nc2cc(OC)c(OC)cc2c(=O)[nH]1. The van der Waals surface area contributed by atoms with Gasteiger partial charge >= 0.3 is 0 Å². The van der Waals surface area contributed by atoms with Gasteiger partial charge in [0.2, 0.25) is 5.91 Å². The largest absolute Gasteiger partial charge is 0.493 e. The number of hydrogen-bond acceptors (Lipinski definition) is 7. The summed E-state index contributed by atoms with van der Waals surface area (Å²) in [6.07, 6.45) is 0. The normalized spacial score (nSPS) is 11.4. The molecule has 1 amide bonds. The molecule has 1 N–H and O–H groups in total. The van der Waals surface area contributed by atoms with Gasteiger partial charge in [-0.3, -0.25) is 14.5 Å². The van der Waals surface area contributed by atoms with E-state index >= 15 is 0 Å². The molecular formula is C20H27N5O4. The summed E-state index contributed by atoms with van der Waals surface area (Å²) in [5.41, 5.74) is -0.718. The van der Waals surface area contributed by atoms with E-state index in [9.17, 15) is 14.9 Å². The Morgan fingerprint density at radius 1 is 1.28 bits per heavy atom. The molecule has 9 heteroatoms. The standard InChI is InChI=1S/C20H27N5O4/c1-7-25(11-18(26)24(4)20(2,3)12-21)10-17-22-14-9-16(29-6)15(28-5)8-13(14)19(27)23-17/h8-9H,7,10-11H2,1-6H3,(H,22,23,27). The number of H-pyrrole nitrogens is 1. The second-order valence-electron chi connectivity index (χ2n) is 7.16. The molecule has 0 bridgehead atoms. The highest BCUT2D eigenvalue weighted by Gasteiger charge is 2.28. The number of carbonyl (C=O) groups excluding carboxylic acids is 1. The fraction of sp³-hybridized carbons (Fsp3) is 0.500. The van der Waals surface area contributed by atoms with Crippen molar-refractivity contribution in [2.45, 2.75) is 32.9 Å². The molecule has 0 aliphatic heterocycles. The number of nitriles is 1. The van der Waals surface area contributed by atoms with E-state index in [1.54, 1.807) is 33.0 Å². The summed E-state index contributed by atoms with van der Waals surface area (Å²) in [4.78, 5) is 35.6. The Hall–Kier alpha value is -3.12. The van der Waals surface area contributed by atoms with Gasteiger partial charge < -0.3 is 19.4 Å². The van der Waals surface area contributed by atoms with Crippen molar-refractivity contribution in [3.05, 3.63) is 28.3 Å². The maximum absolute atomic E-state index is 12.6. The summed E-state index contributed by atoms with van der Waals surface area (Å²) < 4.78 is 10.5. The molecule has 2 aromatic rings. The summed E-state index contributed by atoms with van der Waals surface area (Å²) in [7, 11) is 4.62. The molecule has 0 saturated heterocycles. The van der Waals surface area contributed by atoms with Crippen LogP contribution in [0.25, 0.3) is 10.9 Å². The first kappa shape index (κ1) is 22.2. The van der Waals surface area contributed by atoms with Crippen molar-refractivity contribution >= 4 is 16.8 Å². The van der Waals surface area contributed by atoms with Crippen molar-refractivity contribution in [3.63, 3.8) is 0 Å². The van der Waals surface area contributed by atoms with Crippen LogP contribution >= 0.6 is 0 Å². The lowest BCUT2D eigenvalue weighted by atomic mass is 10.1. The van der Waals surface area contributed by atoms with Gasteiger partial charge in [-0.25, -0.2) is 4.98 Å². The third kappa shape index (κ3) is 4.84. The molecule has 0 atom stereocenters. The number of carbonyl (C=O) groups is 1. The average Bonchev–Trinajstić information content (AvgIpc) is 2.71. The van der Waals surface area contributed by atoms with Crippen LogP contribution in [0.1, 0.15) is 26.6 Å². The topological polar surface area (TPSA) is 112 Å². The molecule has 1 aromatic heterocycles. The van der Waals surface area contributed by atoms with Crippen LogP contribution in [0.4, 0.5) is 0 Å². The van der Waals surface area contributed by atoms with Crippen molar-refractivity contribution in [3.8, 4) is 17.6 Å². The lowest BCUT2D eigenvalue weighted by Crippen LogP contribution is -2.48. The summed E-state index contributed by atoms with van der Waals surface area (Å²) in [5.74, 6) is 1.18. The average molecular weight is 401 g/mol. The van der Waals surface area contributed by atoms with E-state index in [-0.39, 0.29) is 24.6 Å². The van der Waals surface area contributed by atoms with Gasteiger partial charge in [-0.15, -0.1) is 0 Å². The third-order valence-corrected chi connectivity index (χ3v) is 4.93. The molecule has 9 nitrogen and oxygen atoms in total. The number of hydrogen-bond donors (Lipinski definition) is 1. The number of amides is 1. The first-order valence-corrected chi connectivity index (χ1v) is 9.22. The monoisotopic (exact) mass is 401 g/mol. The van der Waals surface area contributed by atoms with Gasteiger partial charge in [0.1, 0.15) is 11.4 Å². The third-order valence-electron chi connectivity index (χ3n) is 4.93. The van der Waals surface area contributed by atoms with Gasteiger partial charge in [0.25, 0.3) is 5.56 Å². The Balaban J connectivity index is 2.28. The quantitative estimate of drug-likeness (QED) is 0.714. The second-order valence-corrected chi connectivity index (χ2v) is 7.16. The van der Waals surface area contributed by atoms with Crippen LogP contribution in [0.3, 0.4) is 0 Å². The minimum atomic E-state index is -0.901. The molecule has 0 fully saturated rings. The molecule has 0 unspecified atom stereocenters. The summed E-state index contributed by atoms with van der Waals surface area (Å²) in [5, 5.41) is 9.61. The first-order chi connectivity index (χ1) is 13.7. The first-order valence-electron chi connectivity index (χ1n) is 9.22. The molecule has 0 aliphatic carbocycles. The van der Waals surface area contributed by atoms with E-state index in [1.807, 2.05) is 11.8 Å². The van der Waals surface area contributed by atoms with Gasteiger partial charge in [-0.2, -0.15) is 5.26 Å². The molecule has 0 aliphatic rings. The number of methoxy groups -OCH3 is 2. The van der Waals surface area contributed by atoms with Crippen LogP contribution in [-0.2, 0) is 11.3 Å². The summed E-state index contributed by atoms with van der Waals surface area (Å²) in [6.45, 7) is 6.24. The molecule has 0 spiro atoms. The van der Waals surface area contributed by atoms with Crippen molar-refractivity contribution in [1.82, 2.24) is 19.8 Å². The number of ether oxygens (including phenoxy) is 2. The van der Waals surface area contributed by atoms with Gasteiger partial charge in [0, 0.05) is 13.1 Å². The van der Waals surface area contributed by atoms with Crippen LogP contribution in [0.5, 0.6) is 11.5 Å². The second kappa shape index (κ2) is 8.92. The highest BCUT2D eigenvalue weighted by atomic mass is 16.5. The van der Waals surface area contributed by atoms with Crippen molar-refractivity contribution < 1.29 is 14.3 Å². The number of nitrogens with zero attached hydrogens (tertiary/aromatic N) is 4. The van der Waals surface area contributed by atoms with E-state index in [0.717, 1.165) is 0 Å². The Bertz CT molecular complexity index is 993. The number of aromatic amines is 1. The maximum atomic E-state index is 12.6. The zero-order chi connectivity index (χ0) is 21.8. The molecule has 156 valence electrons. The van der Waals surface area contributed by atoms with Crippen molar-refractivity contribution in [1.29, 1.82) is 5.26 Å². The predicted octanol–water partition coefficient (Wildman–Crippen LogP) is 1.52. The van der Waals surface area contributed by atoms with E-state index in [4.69, 9.17) is 9.47 Å². The van der Waals surface area contributed by atoms with Gasteiger partial charge in [-0.1, -0.05) is 6.92 Å². The molecule has 1 heterocycles. The Labute approximate surface area is 169 Å². The minimum Gasteiger partial charge on any atom is -0.493 e. The summed E-state index contributed by atoms with van der Waals surface area (Å²) >= 11 is 0. The zero-order valence-corrected chi connectivity index (χ0v) is 17.7. The van der Waals surface area contributed by atoms with Crippen LogP contribution in [0, 0.1) is 11.3 Å². The maximum Gasteiger partial charge on any atom is 0.258 e. The van der Waals surface area contributed by atoms with Crippen molar-refractivity contribution in [2.75, 3.05) is 34.4 Å². The number of likely N-dealkylation sites (N-methyl/N-ethyl adjacent to an activating group) is 2. The van der Waals surface area contributed by atoms with Gasteiger partial charge in [0.05, 0.1) is 44.3 Å². The fourth-order valence-corrected chi connectivity index (χ4v) is 2.76. The number of nitrogens with one attached hydrogen (secondary N) is 1. The van der Waals surface area contributed by atoms with E-state index in [0.29, 0.717) is 34.8 Å². The molecule has 0 saturated carbocycles. The smallest absolute Gasteiger partial charge is 0.258 e. The van der Waals surface area contributed by atoms with E-state index in [2.05, 4.69) is 16.0 Å². The van der Waals surface area contributed by atoms with Gasteiger partial charge in [-0.05, 0) is 26.5 Å². The Kier molecular flexibility index (Phi) is 6.82. The number of fused-ring (bicyclic) bond motifs is 1. The molecular weight excluding hydrogens is 374 g/mol. The highest BCUT2D eigenvalue weighted by Crippen LogP contribution is 2.29. The Morgan fingerprint density at radius 3 is 2.45 bits per heavy atom. The molecule has 2 rings (SSSR count). The minimum absolute atomic E-state index is 0.103. The highest BCUT2D eigenvalue weighted by molar-refractivity contribution is 5.82. The van der Waals surface area contributed by atoms with Crippen molar-refractivity contribution in [2.24, 2.45) is 0 Å². The summed E-state index contributed by atoms with van der Waals surface area (Å²) in [6, 6.07) is 5.35. The number of benzene rings is 1. The fourth-order valence-electron chi connectivity index (χ4n) is 2.76. The zero-order valence-electron chi connectivity index (χ0n) is 17.7. The number of rotatable bonds is 8. The van der Waals surface area contributed by atoms with Crippen LogP contribution < -0.4 is 15.0 Å². The molecule has 1 aromatic carbocycles.